The van der Waals surface area contributed by atoms with Crippen LogP contribution in [0.5, 0.6) is 0 Å². The average molecular weight is 422 g/mol. The van der Waals surface area contributed by atoms with Gasteiger partial charge in [0.15, 0.2) is 0 Å². The van der Waals surface area contributed by atoms with Crippen LogP contribution in [0.15, 0.2) is 23.1 Å². The molecule has 2 aliphatic heterocycles. The van der Waals surface area contributed by atoms with Gasteiger partial charge in [-0.2, -0.15) is 0 Å². The second kappa shape index (κ2) is 9.14. The fourth-order valence-electron chi connectivity index (χ4n) is 5.03. The van der Waals surface area contributed by atoms with E-state index in [-0.39, 0.29) is 18.0 Å². The van der Waals surface area contributed by atoms with E-state index >= 15 is 0 Å². The zero-order valence-electron chi connectivity index (χ0n) is 18.1. The summed E-state index contributed by atoms with van der Waals surface area (Å²) >= 11 is 0. The lowest BCUT2D eigenvalue weighted by atomic mass is 9.93. The highest BCUT2D eigenvalue weighted by Gasteiger charge is 2.32. The van der Waals surface area contributed by atoms with E-state index in [9.17, 15) is 13.2 Å². The van der Waals surface area contributed by atoms with Crippen molar-refractivity contribution in [3.63, 3.8) is 0 Å². The van der Waals surface area contributed by atoms with Gasteiger partial charge in [0.25, 0.3) is 0 Å². The summed E-state index contributed by atoms with van der Waals surface area (Å²) < 4.78 is 29.0. The van der Waals surface area contributed by atoms with Crippen LogP contribution in [-0.2, 0) is 21.2 Å². The zero-order valence-corrected chi connectivity index (χ0v) is 19.0. The molecule has 3 rings (SSSR count). The summed E-state index contributed by atoms with van der Waals surface area (Å²) in [6.07, 6.45) is 5.18. The van der Waals surface area contributed by atoms with Crippen LogP contribution in [-0.4, -0.2) is 50.9 Å². The van der Waals surface area contributed by atoms with Crippen molar-refractivity contribution >= 4 is 21.6 Å². The molecule has 2 atom stereocenters. The Labute approximate surface area is 175 Å². The molecule has 0 unspecified atom stereocenters. The Hall–Kier alpha value is -1.44. The Balaban J connectivity index is 1.77. The molecule has 0 saturated carbocycles. The monoisotopic (exact) mass is 421 g/mol. The Morgan fingerprint density at radius 3 is 2.45 bits per heavy atom. The van der Waals surface area contributed by atoms with Gasteiger partial charge in [0, 0.05) is 31.2 Å². The van der Waals surface area contributed by atoms with Gasteiger partial charge in [-0.1, -0.05) is 26.7 Å². The zero-order chi connectivity index (χ0) is 21.2. The minimum atomic E-state index is -3.59. The molecule has 1 amide bonds. The van der Waals surface area contributed by atoms with Gasteiger partial charge in [0.05, 0.1) is 4.90 Å². The first-order chi connectivity index (χ1) is 13.8. The van der Waals surface area contributed by atoms with Gasteiger partial charge in [-0.15, -0.1) is 0 Å². The molecule has 0 bridgehead atoms. The maximum absolute atomic E-state index is 13.0. The molecule has 162 valence electrons. The second-order valence-corrected chi connectivity index (χ2v) is 10.2. The van der Waals surface area contributed by atoms with E-state index in [2.05, 4.69) is 23.5 Å². The van der Waals surface area contributed by atoms with Crippen LogP contribution in [0, 0.1) is 5.92 Å². The van der Waals surface area contributed by atoms with Gasteiger partial charge in [-0.25, -0.2) is 13.1 Å². The predicted molar refractivity (Wildman–Crippen MR) is 117 cm³/mol. The molecule has 0 spiro atoms. The lowest BCUT2D eigenvalue weighted by Crippen LogP contribution is -2.46. The summed E-state index contributed by atoms with van der Waals surface area (Å²) in [4.78, 5) is 16.4. The standard InChI is InChI=1S/C22H35N3O3S/c1-5-18(6-2)22(24-11-7-8-12-24)15-23-29(27,28)20-9-10-21-19(14-20)13-16(3)25(21)17(4)26/h9-10,14,16,18,22-23H,5-8,11-13,15H2,1-4H3/t16-,22-/m0/s1. The van der Waals surface area contributed by atoms with Gasteiger partial charge in [-0.05, 0) is 69.0 Å². The highest BCUT2D eigenvalue weighted by Crippen LogP contribution is 2.34. The SMILES string of the molecule is CCC(CC)[C@H](CNS(=O)(=O)c1ccc2c(c1)C[C@H](C)N2C(C)=O)N1CCCC1. The van der Waals surface area contributed by atoms with Crippen LogP contribution in [0.4, 0.5) is 5.69 Å². The van der Waals surface area contributed by atoms with Gasteiger partial charge in [0.1, 0.15) is 0 Å². The highest BCUT2D eigenvalue weighted by atomic mass is 32.2. The number of amides is 1. The quantitative estimate of drug-likeness (QED) is 0.700. The Morgan fingerprint density at radius 2 is 1.86 bits per heavy atom. The molecule has 1 saturated heterocycles. The number of fused-ring (bicyclic) bond motifs is 1. The molecular weight excluding hydrogens is 386 g/mol. The molecule has 0 aliphatic carbocycles. The van der Waals surface area contributed by atoms with Crippen LogP contribution in [0.2, 0.25) is 0 Å². The Kier molecular flexibility index (Phi) is 7.02. The van der Waals surface area contributed by atoms with Crippen molar-refractivity contribution in [1.82, 2.24) is 9.62 Å². The van der Waals surface area contributed by atoms with Crippen molar-refractivity contribution in [1.29, 1.82) is 0 Å². The third-order valence-corrected chi connectivity index (χ3v) is 8.02. The van der Waals surface area contributed by atoms with E-state index in [1.165, 1.54) is 12.8 Å². The van der Waals surface area contributed by atoms with Gasteiger partial charge in [0.2, 0.25) is 15.9 Å². The van der Waals surface area contributed by atoms with Gasteiger partial charge in [-0.3, -0.25) is 9.69 Å². The normalized spacial score (nSPS) is 21.0. The third kappa shape index (κ3) is 4.67. The number of benzene rings is 1. The van der Waals surface area contributed by atoms with Gasteiger partial charge >= 0.3 is 0 Å². The number of nitrogens with zero attached hydrogens (tertiary/aromatic N) is 2. The molecule has 0 radical (unpaired) electrons. The molecule has 0 aromatic heterocycles. The third-order valence-electron chi connectivity index (χ3n) is 6.60. The van der Waals surface area contributed by atoms with E-state index in [4.69, 9.17) is 0 Å². The first kappa shape index (κ1) is 22.2. The van der Waals surface area contributed by atoms with Crippen LogP contribution >= 0.6 is 0 Å². The number of nitrogens with one attached hydrogen (secondary N) is 1. The molecule has 7 heteroatoms. The maximum Gasteiger partial charge on any atom is 0.240 e. The molecule has 1 aromatic carbocycles. The number of hydrogen-bond acceptors (Lipinski definition) is 4. The van der Waals surface area contributed by atoms with E-state index in [1.54, 1.807) is 30.0 Å². The number of carbonyl (C=O) groups is 1. The molecule has 2 aliphatic rings. The minimum absolute atomic E-state index is 0.0105. The first-order valence-corrected chi connectivity index (χ1v) is 12.4. The molecule has 1 fully saturated rings. The smallest absolute Gasteiger partial charge is 0.240 e. The molecule has 1 aromatic rings. The summed E-state index contributed by atoms with van der Waals surface area (Å²) in [5.41, 5.74) is 1.75. The number of hydrogen-bond donors (Lipinski definition) is 1. The van der Waals surface area contributed by atoms with Crippen LogP contribution in [0.1, 0.15) is 58.9 Å². The molecule has 29 heavy (non-hydrogen) atoms. The lowest BCUT2D eigenvalue weighted by molar-refractivity contribution is -0.116. The van der Waals surface area contributed by atoms with Crippen molar-refractivity contribution in [3.05, 3.63) is 23.8 Å². The number of rotatable bonds is 8. The summed E-state index contributed by atoms with van der Waals surface area (Å²) in [5, 5.41) is 0. The Bertz CT molecular complexity index is 828. The van der Waals surface area contributed by atoms with Crippen molar-refractivity contribution in [3.8, 4) is 0 Å². The van der Waals surface area contributed by atoms with E-state index in [0.717, 1.165) is 37.2 Å². The Morgan fingerprint density at radius 1 is 1.21 bits per heavy atom. The number of anilines is 1. The van der Waals surface area contributed by atoms with E-state index in [0.29, 0.717) is 23.8 Å². The maximum atomic E-state index is 13.0. The number of sulfonamides is 1. The summed E-state index contributed by atoms with van der Waals surface area (Å²) in [6, 6.07) is 5.43. The molecule has 6 nitrogen and oxygen atoms in total. The minimum Gasteiger partial charge on any atom is -0.309 e. The van der Waals surface area contributed by atoms with Crippen LogP contribution in [0.3, 0.4) is 0 Å². The van der Waals surface area contributed by atoms with Crippen molar-refractivity contribution in [2.45, 2.75) is 76.8 Å². The summed E-state index contributed by atoms with van der Waals surface area (Å²) in [5.74, 6) is 0.476. The highest BCUT2D eigenvalue weighted by molar-refractivity contribution is 7.89. The summed E-state index contributed by atoms with van der Waals surface area (Å²) in [6.45, 7) is 10.5. The molecule has 1 N–H and O–H groups in total. The molecular formula is C22H35N3O3S. The molecule has 2 heterocycles. The van der Waals surface area contributed by atoms with Crippen LogP contribution < -0.4 is 9.62 Å². The largest absolute Gasteiger partial charge is 0.309 e. The fraction of sp³-hybridized carbons (Fsp3) is 0.682. The fourth-order valence-corrected chi connectivity index (χ4v) is 6.13. The second-order valence-electron chi connectivity index (χ2n) is 8.47. The van der Waals surface area contributed by atoms with E-state index in [1.807, 2.05) is 6.92 Å². The van der Waals surface area contributed by atoms with Crippen LogP contribution in [0.25, 0.3) is 0 Å². The van der Waals surface area contributed by atoms with E-state index < -0.39 is 10.0 Å². The first-order valence-electron chi connectivity index (χ1n) is 10.9. The average Bonchev–Trinajstić information content (AvgIpc) is 3.31. The number of likely N-dealkylation sites (tertiary alicyclic amines) is 1. The van der Waals surface area contributed by atoms with Crippen molar-refractivity contribution < 1.29 is 13.2 Å². The van der Waals surface area contributed by atoms with Crippen molar-refractivity contribution in [2.24, 2.45) is 5.92 Å². The number of carbonyl (C=O) groups excluding carboxylic acids is 1. The topological polar surface area (TPSA) is 69.7 Å². The summed E-state index contributed by atoms with van der Waals surface area (Å²) in [7, 11) is -3.59. The van der Waals surface area contributed by atoms with Crippen molar-refractivity contribution in [2.75, 3.05) is 24.5 Å². The predicted octanol–water partition coefficient (Wildman–Crippen LogP) is 3.16. The van der Waals surface area contributed by atoms with Gasteiger partial charge < -0.3 is 4.90 Å². The lowest BCUT2D eigenvalue weighted by Gasteiger charge is -2.33.